The lowest BCUT2D eigenvalue weighted by Gasteiger charge is -2.62. The van der Waals surface area contributed by atoms with Gasteiger partial charge in [0.2, 0.25) is 0 Å². The maximum Gasteiger partial charge on any atom is 0.166 e. The lowest BCUT2D eigenvalue weighted by atomic mass is 9.49. The molecule has 3 aliphatic carbocycles. The standard InChI is InChI=1S/C27H28N2O3.HI/c1-14-2-6-17-18-12-27(31)21-11-16-5-7-20(30)24-22(16)26(27,8-9-29(21)13-15-3-4-15)25(32-24)23(18)28-19(17)10-14;/h2,5-7,10,15,21,25,28,30-31H,3-4,8-9,11-13H2,1H3;1H. The monoisotopic (exact) mass is 556 g/mol. The third-order valence-electron chi connectivity index (χ3n) is 9.32. The molecule has 1 saturated carbocycles. The van der Waals surface area contributed by atoms with Gasteiger partial charge in [-0.25, -0.2) is 0 Å². The first-order chi connectivity index (χ1) is 15.5. The van der Waals surface area contributed by atoms with Gasteiger partial charge in [-0.05, 0) is 73.9 Å². The van der Waals surface area contributed by atoms with Crippen molar-refractivity contribution in [3.8, 4) is 11.5 Å². The number of piperidine rings is 1. The van der Waals surface area contributed by atoms with Crippen LogP contribution in [0.4, 0.5) is 0 Å². The number of nitrogens with zero attached hydrogens (tertiary/aromatic N) is 1. The summed E-state index contributed by atoms with van der Waals surface area (Å²) < 4.78 is 6.63. The molecule has 5 nitrogen and oxygen atoms in total. The zero-order valence-corrected chi connectivity index (χ0v) is 21.1. The summed E-state index contributed by atoms with van der Waals surface area (Å²) in [6.45, 7) is 4.18. The van der Waals surface area contributed by atoms with E-state index >= 15 is 0 Å². The number of hydrogen-bond acceptors (Lipinski definition) is 4. The smallest absolute Gasteiger partial charge is 0.166 e. The Morgan fingerprint density at radius 3 is 2.88 bits per heavy atom. The predicted molar refractivity (Wildman–Crippen MR) is 137 cm³/mol. The number of nitrogens with one attached hydrogen (secondary N) is 1. The zero-order valence-electron chi connectivity index (χ0n) is 18.7. The van der Waals surface area contributed by atoms with Crippen LogP contribution in [0.3, 0.4) is 0 Å². The van der Waals surface area contributed by atoms with E-state index in [-0.39, 0.29) is 41.9 Å². The number of fused-ring (bicyclic) bond motifs is 4. The van der Waals surface area contributed by atoms with Crippen molar-refractivity contribution in [3.63, 3.8) is 0 Å². The minimum atomic E-state index is -0.913. The van der Waals surface area contributed by atoms with Crippen LogP contribution in [0, 0.1) is 12.8 Å². The minimum absolute atomic E-state index is 0. The van der Waals surface area contributed by atoms with Gasteiger partial charge in [-0.1, -0.05) is 18.2 Å². The number of aryl methyl sites for hydroxylation is 1. The van der Waals surface area contributed by atoms with E-state index in [1.165, 1.54) is 34.9 Å². The summed E-state index contributed by atoms with van der Waals surface area (Å²) in [6, 6.07) is 10.5. The number of phenols is 1. The fourth-order valence-electron chi connectivity index (χ4n) is 7.74. The lowest BCUT2D eigenvalue weighted by Crippen LogP contribution is -2.74. The quantitative estimate of drug-likeness (QED) is 0.407. The summed E-state index contributed by atoms with van der Waals surface area (Å²) in [6.07, 6.45) is 4.65. The maximum absolute atomic E-state index is 12.8. The number of halogens is 1. The average molecular weight is 556 g/mol. The van der Waals surface area contributed by atoms with Gasteiger partial charge >= 0.3 is 0 Å². The summed E-state index contributed by atoms with van der Waals surface area (Å²) in [5, 5.41) is 24.7. The molecule has 5 aliphatic rings. The molecule has 3 N–H and O–H groups in total. The van der Waals surface area contributed by atoms with E-state index in [2.05, 4.69) is 41.1 Å². The number of benzene rings is 2. The van der Waals surface area contributed by atoms with Gasteiger partial charge in [0, 0.05) is 35.5 Å². The number of H-pyrrole nitrogens is 1. The highest BCUT2D eigenvalue weighted by atomic mass is 127. The number of phenolic OH excluding ortho intramolecular Hbond substituents is 1. The number of aromatic hydroxyl groups is 1. The highest BCUT2D eigenvalue weighted by Gasteiger charge is 2.72. The van der Waals surface area contributed by atoms with Crippen molar-refractivity contribution in [2.24, 2.45) is 5.92 Å². The number of hydrogen-bond donors (Lipinski definition) is 3. The first-order valence-electron chi connectivity index (χ1n) is 12.1. The molecule has 4 unspecified atom stereocenters. The first-order valence-corrected chi connectivity index (χ1v) is 12.1. The molecule has 6 heteroatoms. The van der Waals surface area contributed by atoms with Gasteiger partial charge in [0.1, 0.15) is 0 Å². The molecule has 3 aromatic rings. The summed E-state index contributed by atoms with van der Waals surface area (Å²) in [5.41, 5.74) is 5.51. The minimum Gasteiger partial charge on any atom is -0.504 e. The Balaban J connectivity index is 0.00000190. The van der Waals surface area contributed by atoms with Crippen LogP contribution >= 0.6 is 24.0 Å². The second kappa shape index (κ2) is 6.46. The molecule has 2 bridgehead atoms. The summed E-state index contributed by atoms with van der Waals surface area (Å²) >= 11 is 0. The number of likely N-dealkylation sites (tertiary alicyclic amines) is 1. The van der Waals surface area contributed by atoms with Crippen LogP contribution in [-0.2, 0) is 18.3 Å². The number of aromatic nitrogens is 1. The van der Waals surface area contributed by atoms with Crippen molar-refractivity contribution >= 4 is 34.9 Å². The molecule has 1 spiro atoms. The van der Waals surface area contributed by atoms with Crippen LogP contribution in [0.2, 0.25) is 0 Å². The Kier molecular flexibility index (Phi) is 4.03. The van der Waals surface area contributed by atoms with Crippen molar-refractivity contribution in [2.45, 2.75) is 62.2 Å². The highest BCUT2D eigenvalue weighted by Crippen LogP contribution is 2.69. The van der Waals surface area contributed by atoms with Gasteiger partial charge < -0.3 is 19.9 Å². The van der Waals surface area contributed by atoms with Crippen LogP contribution in [0.25, 0.3) is 10.9 Å². The number of ether oxygens (including phenoxy) is 1. The topological polar surface area (TPSA) is 68.7 Å². The molecule has 0 radical (unpaired) electrons. The zero-order chi connectivity index (χ0) is 21.4. The molecule has 4 atom stereocenters. The molecule has 2 aliphatic heterocycles. The summed E-state index contributed by atoms with van der Waals surface area (Å²) in [4.78, 5) is 6.27. The molecule has 8 rings (SSSR count). The van der Waals surface area contributed by atoms with E-state index < -0.39 is 11.0 Å². The molecular weight excluding hydrogens is 527 g/mol. The van der Waals surface area contributed by atoms with E-state index in [0.29, 0.717) is 12.2 Å². The van der Waals surface area contributed by atoms with Crippen LogP contribution in [0.15, 0.2) is 30.3 Å². The molecule has 2 fully saturated rings. The normalized spacial score (nSPS) is 33.3. The van der Waals surface area contributed by atoms with E-state index in [4.69, 9.17) is 4.74 Å². The molecule has 0 amide bonds. The fourth-order valence-corrected chi connectivity index (χ4v) is 7.74. The first kappa shape index (κ1) is 20.6. The van der Waals surface area contributed by atoms with Crippen molar-refractivity contribution in [1.82, 2.24) is 9.88 Å². The second-order valence-electron chi connectivity index (χ2n) is 11.0. The van der Waals surface area contributed by atoms with Gasteiger partial charge in [-0.3, -0.25) is 4.90 Å². The highest BCUT2D eigenvalue weighted by molar-refractivity contribution is 14.0. The SMILES string of the molecule is Cc1ccc2c3c([nH]c2c1)C1Oc2c(O)ccc4c2C12CCN(CC1CC1)C(C4)C2(O)C3.I. The molecular formula is C27H29IN2O3. The van der Waals surface area contributed by atoms with Crippen LogP contribution in [-0.4, -0.2) is 44.8 Å². The van der Waals surface area contributed by atoms with Crippen LogP contribution in [0.5, 0.6) is 11.5 Å². The lowest BCUT2D eigenvalue weighted by molar-refractivity contribution is -0.173. The van der Waals surface area contributed by atoms with Crippen molar-refractivity contribution in [3.05, 3.63) is 58.3 Å². The van der Waals surface area contributed by atoms with Crippen LogP contribution in [0.1, 0.15) is 53.3 Å². The van der Waals surface area contributed by atoms with Gasteiger partial charge in [0.05, 0.1) is 16.7 Å². The van der Waals surface area contributed by atoms with E-state index in [9.17, 15) is 10.2 Å². The Labute approximate surface area is 210 Å². The molecule has 1 aromatic heterocycles. The van der Waals surface area contributed by atoms with Crippen molar-refractivity contribution in [1.29, 1.82) is 0 Å². The number of aliphatic hydroxyl groups is 1. The van der Waals surface area contributed by atoms with Crippen molar-refractivity contribution < 1.29 is 14.9 Å². The summed E-state index contributed by atoms with van der Waals surface area (Å²) in [7, 11) is 0. The Morgan fingerprint density at radius 2 is 2.06 bits per heavy atom. The third-order valence-corrected chi connectivity index (χ3v) is 9.32. The number of rotatable bonds is 2. The van der Waals surface area contributed by atoms with Gasteiger partial charge in [-0.15, -0.1) is 24.0 Å². The van der Waals surface area contributed by atoms with Gasteiger partial charge in [0.15, 0.2) is 17.6 Å². The molecule has 2 aromatic carbocycles. The number of aromatic amines is 1. The van der Waals surface area contributed by atoms with E-state index in [1.54, 1.807) is 6.07 Å². The van der Waals surface area contributed by atoms with E-state index in [0.717, 1.165) is 48.6 Å². The van der Waals surface area contributed by atoms with Crippen LogP contribution < -0.4 is 4.74 Å². The Bertz CT molecular complexity index is 1330. The van der Waals surface area contributed by atoms with Crippen molar-refractivity contribution in [2.75, 3.05) is 13.1 Å². The third kappa shape index (κ3) is 2.35. The average Bonchev–Trinajstić information content (AvgIpc) is 3.41. The fraction of sp³-hybridized carbons (Fsp3) is 0.481. The molecule has 33 heavy (non-hydrogen) atoms. The largest absolute Gasteiger partial charge is 0.504 e. The molecule has 3 heterocycles. The van der Waals surface area contributed by atoms with Gasteiger partial charge in [-0.2, -0.15) is 0 Å². The van der Waals surface area contributed by atoms with E-state index in [1.807, 2.05) is 0 Å². The molecule has 172 valence electrons. The summed E-state index contributed by atoms with van der Waals surface area (Å²) in [5.74, 6) is 1.58. The maximum atomic E-state index is 12.8. The second-order valence-corrected chi connectivity index (χ2v) is 11.0. The predicted octanol–water partition coefficient (Wildman–Crippen LogP) is 4.50. The Morgan fingerprint density at radius 1 is 1.21 bits per heavy atom. The van der Waals surface area contributed by atoms with Gasteiger partial charge in [0.25, 0.3) is 0 Å². The Hall–Kier alpha value is -1.77. The molecule has 1 saturated heterocycles.